The number of anilines is 1. The molecule has 0 fully saturated rings. The molecule has 0 atom stereocenters. The van der Waals surface area contributed by atoms with Crippen molar-refractivity contribution in [2.24, 2.45) is 0 Å². The van der Waals surface area contributed by atoms with Gasteiger partial charge in [0.15, 0.2) is 5.13 Å². The Labute approximate surface area is 128 Å². The molecule has 0 spiro atoms. The molecule has 20 heavy (non-hydrogen) atoms. The number of hydrogen-bond acceptors (Lipinski definition) is 3. The Kier molecular flexibility index (Phi) is 3.54. The third-order valence-corrected chi connectivity index (χ3v) is 4.51. The number of fused-ring (bicyclic) bond motifs is 1. The summed E-state index contributed by atoms with van der Waals surface area (Å²) in [5.74, 6) is -0.159. The highest BCUT2D eigenvalue weighted by Crippen LogP contribution is 2.27. The van der Waals surface area contributed by atoms with Gasteiger partial charge in [0.05, 0.1) is 15.8 Å². The van der Waals surface area contributed by atoms with Crippen molar-refractivity contribution < 1.29 is 4.79 Å². The van der Waals surface area contributed by atoms with E-state index in [1.807, 2.05) is 37.3 Å². The van der Waals surface area contributed by atoms with Crippen molar-refractivity contribution in [1.29, 1.82) is 0 Å². The number of carbonyl (C=O) groups is 1. The summed E-state index contributed by atoms with van der Waals surface area (Å²) >= 11 is 4.86. The Morgan fingerprint density at radius 2 is 2.05 bits per heavy atom. The molecule has 0 aliphatic rings. The highest BCUT2D eigenvalue weighted by molar-refractivity contribution is 9.10. The molecule has 2 aromatic carbocycles. The van der Waals surface area contributed by atoms with Gasteiger partial charge in [-0.1, -0.05) is 29.5 Å². The number of nitrogens with one attached hydrogen (secondary N) is 1. The monoisotopic (exact) mass is 346 g/mol. The summed E-state index contributed by atoms with van der Waals surface area (Å²) in [6.07, 6.45) is 0. The first kappa shape index (κ1) is 13.3. The molecule has 0 saturated carbocycles. The molecule has 1 amide bonds. The van der Waals surface area contributed by atoms with Crippen LogP contribution in [0.15, 0.2) is 46.9 Å². The van der Waals surface area contributed by atoms with Crippen LogP contribution in [0.3, 0.4) is 0 Å². The largest absolute Gasteiger partial charge is 0.298 e. The van der Waals surface area contributed by atoms with Gasteiger partial charge in [0.25, 0.3) is 5.91 Å². The number of halogens is 1. The lowest BCUT2D eigenvalue weighted by Crippen LogP contribution is -2.12. The Morgan fingerprint density at radius 1 is 1.25 bits per heavy atom. The van der Waals surface area contributed by atoms with Crippen LogP contribution in [-0.4, -0.2) is 10.9 Å². The maximum Gasteiger partial charge on any atom is 0.258 e. The second kappa shape index (κ2) is 5.34. The lowest BCUT2D eigenvalue weighted by molar-refractivity contribution is 0.102. The Bertz CT molecular complexity index is 797. The van der Waals surface area contributed by atoms with E-state index in [2.05, 4.69) is 32.3 Å². The molecular weight excluding hydrogens is 336 g/mol. The predicted molar refractivity (Wildman–Crippen MR) is 86.5 cm³/mol. The third kappa shape index (κ3) is 2.59. The van der Waals surface area contributed by atoms with E-state index in [1.165, 1.54) is 16.9 Å². The zero-order valence-electron chi connectivity index (χ0n) is 10.7. The van der Waals surface area contributed by atoms with Crippen LogP contribution in [0.5, 0.6) is 0 Å². The molecule has 3 aromatic rings. The highest BCUT2D eigenvalue weighted by Gasteiger charge is 2.12. The molecule has 1 N–H and O–H groups in total. The van der Waals surface area contributed by atoms with Gasteiger partial charge in [-0.15, -0.1) is 0 Å². The minimum Gasteiger partial charge on any atom is -0.298 e. The Balaban J connectivity index is 1.89. The average molecular weight is 347 g/mol. The Hall–Kier alpha value is -1.72. The quantitative estimate of drug-likeness (QED) is 0.735. The fourth-order valence-electron chi connectivity index (χ4n) is 1.90. The van der Waals surface area contributed by atoms with Gasteiger partial charge in [-0.05, 0) is 52.7 Å². The van der Waals surface area contributed by atoms with Gasteiger partial charge in [0.2, 0.25) is 0 Å². The number of nitrogens with zero attached hydrogens (tertiary/aromatic N) is 1. The fourth-order valence-corrected chi connectivity index (χ4v) is 3.32. The molecule has 1 heterocycles. The molecule has 0 bridgehead atoms. The van der Waals surface area contributed by atoms with Crippen molar-refractivity contribution in [1.82, 2.24) is 4.98 Å². The summed E-state index contributed by atoms with van der Waals surface area (Å²) in [6, 6.07) is 13.4. The number of benzene rings is 2. The maximum absolute atomic E-state index is 12.2. The summed E-state index contributed by atoms with van der Waals surface area (Å²) in [4.78, 5) is 16.6. The number of aryl methyl sites for hydroxylation is 1. The zero-order chi connectivity index (χ0) is 14.1. The van der Waals surface area contributed by atoms with Gasteiger partial charge in [-0.2, -0.15) is 0 Å². The molecule has 5 heteroatoms. The van der Waals surface area contributed by atoms with Gasteiger partial charge >= 0.3 is 0 Å². The molecule has 3 rings (SSSR count). The van der Waals surface area contributed by atoms with Gasteiger partial charge in [0.1, 0.15) is 0 Å². The first-order valence-corrected chi connectivity index (χ1v) is 7.67. The van der Waals surface area contributed by atoms with E-state index in [-0.39, 0.29) is 5.91 Å². The third-order valence-electron chi connectivity index (χ3n) is 2.88. The van der Waals surface area contributed by atoms with E-state index in [1.54, 1.807) is 6.07 Å². The molecular formula is C15H11BrN2OS. The van der Waals surface area contributed by atoms with Gasteiger partial charge < -0.3 is 0 Å². The fraction of sp³-hybridized carbons (Fsp3) is 0.0667. The Morgan fingerprint density at radius 3 is 2.85 bits per heavy atom. The summed E-state index contributed by atoms with van der Waals surface area (Å²) in [5, 5.41) is 3.46. The molecule has 0 aliphatic heterocycles. The molecule has 100 valence electrons. The molecule has 0 unspecified atom stereocenters. The first-order valence-electron chi connectivity index (χ1n) is 6.06. The van der Waals surface area contributed by atoms with E-state index in [4.69, 9.17) is 0 Å². The highest BCUT2D eigenvalue weighted by atomic mass is 79.9. The van der Waals surface area contributed by atoms with Crippen LogP contribution in [0.4, 0.5) is 5.13 Å². The smallest absolute Gasteiger partial charge is 0.258 e. The van der Waals surface area contributed by atoms with Crippen molar-refractivity contribution in [3.63, 3.8) is 0 Å². The first-order chi connectivity index (χ1) is 9.63. The molecule has 0 saturated heterocycles. The predicted octanol–water partition coefficient (Wildman–Crippen LogP) is 4.62. The number of aromatic nitrogens is 1. The SMILES string of the molecule is Cc1ccc2nc(NC(=O)c3ccccc3Br)sc2c1. The second-order valence-corrected chi connectivity index (χ2v) is 6.31. The maximum atomic E-state index is 12.2. The van der Waals surface area contributed by atoms with Gasteiger partial charge in [-0.25, -0.2) is 4.98 Å². The average Bonchev–Trinajstić information content (AvgIpc) is 2.80. The van der Waals surface area contributed by atoms with Crippen LogP contribution >= 0.6 is 27.3 Å². The van der Waals surface area contributed by atoms with Gasteiger partial charge in [0, 0.05) is 4.47 Å². The van der Waals surface area contributed by atoms with Crippen molar-refractivity contribution in [2.45, 2.75) is 6.92 Å². The standard InChI is InChI=1S/C15H11BrN2OS/c1-9-6-7-12-13(8-9)20-15(17-12)18-14(19)10-4-2-3-5-11(10)16/h2-8H,1H3,(H,17,18,19). The second-order valence-electron chi connectivity index (χ2n) is 4.42. The number of carbonyl (C=O) groups excluding carboxylic acids is 1. The molecule has 3 nitrogen and oxygen atoms in total. The lowest BCUT2D eigenvalue weighted by atomic mass is 10.2. The normalized spacial score (nSPS) is 10.7. The molecule has 1 aromatic heterocycles. The summed E-state index contributed by atoms with van der Waals surface area (Å²) in [5.41, 5.74) is 2.69. The summed E-state index contributed by atoms with van der Waals surface area (Å²) in [7, 11) is 0. The lowest BCUT2D eigenvalue weighted by Gasteiger charge is -2.03. The van der Waals surface area contributed by atoms with Crippen LogP contribution in [0.25, 0.3) is 10.2 Å². The summed E-state index contributed by atoms with van der Waals surface area (Å²) < 4.78 is 1.85. The van der Waals surface area contributed by atoms with Gasteiger partial charge in [-0.3, -0.25) is 10.1 Å². The minimum absolute atomic E-state index is 0.159. The van der Waals surface area contributed by atoms with Crippen molar-refractivity contribution in [2.75, 3.05) is 5.32 Å². The van der Waals surface area contributed by atoms with E-state index in [9.17, 15) is 4.79 Å². The molecule has 0 radical (unpaired) electrons. The van der Waals surface area contributed by atoms with Crippen LogP contribution in [0.1, 0.15) is 15.9 Å². The van der Waals surface area contributed by atoms with E-state index in [0.29, 0.717) is 10.7 Å². The van der Waals surface area contributed by atoms with Crippen LogP contribution < -0.4 is 5.32 Å². The van der Waals surface area contributed by atoms with E-state index in [0.717, 1.165) is 14.7 Å². The van der Waals surface area contributed by atoms with Crippen molar-refractivity contribution in [3.05, 3.63) is 58.1 Å². The van der Waals surface area contributed by atoms with E-state index >= 15 is 0 Å². The number of amides is 1. The van der Waals surface area contributed by atoms with Crippen molar-refractivity contribution >= 4 is 48.5 Å². The topological polar surface area (TPSA) is 42.0 Å². The van der Waals surface area contributed by atoms with Crippen LogP contribution in [0.2, 0.25) is 0 Å². The van der Waals surface area contributed by atoms with Crippen LogP contribution in [-0.2, 0) is 0 Å². The number of thiazole rings is 1. The number of hydrogen-bond donors (Lipinski definition) is 1. The van der Waals surface area contributed by atoms with Crippen molar-refractivity contribution in [3.8, 4) is 0 Å². The molecule has 0 aliphatic carbocycles. The number of rotatable bonds is 2. The summed E-state index contributed by atoms with van der Waals surface area (Å²) in [6.45, 7) is 2.04. The van der Waals surface area contributed by atoms with Crippen LogP contribution in [0, 0.1) is 6.92 Å². The van der Waals surface area contributed by atoms with E-state index < -0.39 is 0 Å². The minimum atomic E-state index is -0.159. The zero-order valence-corrected chi connectivity index (χ0v) is 13.1.